The Kier molecular flexibility index (Phi) is 5.14. The van der Waals surface area contributed by atoms with Crippen molar-refractivity contribution in [2.75, 3.05) is 0 Å². The van der Waals surface area contributed by atoms with Crippen molar-refractivity contribution < 1.29 is 13.6 Å². The molecular formula is C14H13F2NOS2. The van der Waals surface area contributed by atoms with Crippen molar-refractivity contribution in [3.05, 3.63) is 52.2 Å². The van der Waals surface area contributed by atoms with E-state index in [2.05, 4.69) is 5.32 Å². The highest BCUT2D eigenvalue weighted by atomic mass is 32.2. The molecule has 0 aliphatic heterocycles. The fourth-order valence-electron chi connectivity index (χ4n) is 1.54. The van der Waals surface area contributed by atoms with Crippen molar-refractivity contribution in [2.45, 2.75) is 23.6 Å². The van der Waals surface area contributed by atoms with Crippen LogP contribution in [0.2, 0.25) is 0 Å². The molecule has 0 saturated heterocycles. The van der Waals surface area contributed by atoms with E-state index in [0.29, 0.717) is 6.54 Å². The van der Waals surface area contributed by atoms with Gasteiger partial charge in [0.1, 0.15) is 11.6 Å². The minimum absolute atomic E-state index is 0.142. The zero-order chi connectivity index (χ0) is 14.5. The Morgan fingerprint density at radius 3 is 2.90 bits per heavy atom. The molecule has 0 saturated carbocycles. The first-order chi connectivity index (χ1) is 9.56. The second-order valence-corrected chi connectivity index (χ2v) is 6.55. The predicted octanol–water partition coefficient (Wildman–Crippen LogP) is 3.82. The normalized spacial score (nSPS) is 12.2. The molecule has 1 heterocycles. The molecule has 106 valence electrons. The highest BCUT2D eigenvalue weighted by Crippen LogP contribution is 2.26. The molecule has 0 fully saturated rings. The molecule has 2 aromatic rings. The van der Waals surface area contributed by atoms with Crippen LogP contribution in [0.25, 0.3) is 0 Å². The van der Waals surface area contributed by atoms with Crippen LogP contribution in [0.1, 0.15) is 11.8 Å². The average molecular weight is 313 g/mol. The standard InChI is InChI=1S/C14H13F2NOS2/c1-9(14(18)17-8-11-3-2-6-19-11)20-13-7-10(15)4-5-12(13)16/h2-7,9H,8H2,1H3,(H,17,18)/t9-/m0/s1. The molecule has 0 unspecified atom stereocenters. The number of benzene rings is 1. The van der Waals surface area contributed by atoms with Gasteiger partial charge in [0.05, 0.1) is 11.8 Å². The monoisotopic (exact) mass is 313 g/mol. The molecule has 0 radical (unpaired) electrons. The summed E-state index contributed by atoms with van der Waals surface area (Å²) in [5.41, 5.74) is 0. The molecule has 20 heavy (non-hydrogen) atoms. The number of hydrogen-bond acceptors (Lipinski definition) is 3. The van der Waals surface area contributed by atoms with Gasteiger partial charge in [-0.25, -0.2) is 8.78 Å². The van der Waals surface area contributed by atoms with Gasteiger partial charge >= 0.3 is 0 Å². The number of nitrogens with one attached hydrogen (secondary N) is 1. The van der Waals surface area contributed by atoms with Crippen molar-refractivity contribution in [3.8, 4) is 0 Å². The number of thiophene rings is 1. The van der Waals surface area contributed by atoms with Crippen LogP contribution in [0.3, 0.4) is 0 Å². The molecule has 1 aromatic heterocycles. The summed E-state index contributed by atoms with van der Waals surface area (Å²) in [4.78, 5) is 13.1. The molecule has 1 aromatic carbocycles. The van der Waals surface area contributed by atoms with Gasteiger partial charge in [0.2, 0.25) is 5.91 Å². The van der Waals surface area contributed by atoms with Crippen molar-refractivity contribution >= 4 is 29.0 Å². The number of halogens is 2. The molecule has 1 N–H and O–H groups in total. The van der Waals surface area contributed by atoms with Gasteiger partial charge in [-0.15, -0.1) is 23.1 Å². The lowest BCUT2D eigenvalue weighted by atomic mass is 10.3. The minimum Gasteiger partial charge on any atom is -0.350 e. The second-order valence-electron chi connectivity index (χ2n) is 4.13. The summed E-state index contributed by atoms with van der Waals surface area (Å²) >= 11 is 2.56. The molecule has 2 nitrogen and oxygen atoms in total. The maximum absolute atomic E-state index is 13.5. The number of hydrogen-bond donors (Lipinski definition) is 1. The third-order valence-electron chi connectivity index (χ3n) is 2.58. The first-order valence-electron chi connectivity index (χ1n) is 5.98. The Hall–Kier alpha value is -1.40. The SMILES string of the molecule is C[C@H](Sc1cc(F)ccc1F)C(=O)NCc1cccs1. The molecule has 1 atom stereocenters. The van der Waals surface area contributed by atoms with Crippen LogP contribution in [0.15, 0.2) is 40.6 Å². The molecule has 2 rings (SSSR count). The van der Waals surface area contributed by atoms with Crippen molar-refractivity contribution in [1.82, 2.24) is 5.32 Å². The molecule has 1 amide bonds. The second kappa shape index (κ2) is 6.85. The highest BCUT2D eigenvalue weighted by Gasteiger charge is 2.16. The third kappa shape index (κ3) is 4.05. The van der Waals surface area contributed by atoms with E-state index in [4.69, 9.17) is 0 Å². The van der Waals surface area contributed by atoms with Crippen LogP contribution < -0.4 is 5.32 Å². The summed E-state index contributed by atoms with van der Waals surface area (Å²) in [6, 6.07) is 7.05. The van der Waals surface area contributed by atoms with E-state index in [1.165, 1.54) is 0 Å². The summed E-state index contributed by atoms with van der Waals surface area (Å²) in [7, 11) is 0. The summed E-state index contributed by atoms with van der Waals surface area (Å²) < 4.78 is 26.5. The predicted molar refractivity (Wildman–Crippen MR) is 77.8 cm³/mol. The van der Waals surface area contributed by atoms with E-state index in [-0.39, 0.29) is 10.8 Å². The lowest BCUT2D eigenvalue weighted by molar-refractivity contribution is -0.120. The third-order valence-corrected chi connectivity index (χ3v) is 4.59. The summed E-state index contributed by atoms with van der Waals surface area (Å²) in [6.07, 6.45) is 0. The zero-order valence-corrected chi connectivity index (χ0v) is 12.4. The van der Waals surface area contributed by atoms with Crippen molar-refractivity contribution in [2.24, 2.45) is 0 Å². The Bertz CT molecular complexity index is 587. The molecular weight excluding hydrogens is 300 g/mol. The molecule has 0 aliphatic carbocycles. The summed E-state index contributed by atoms with van der Waals surface area (Å²) in [5.74, 6) is -1.23. The van der Waals surface area contributed by atoms with E-state index >= 15 is 0 Å². The maximum Gasteiger partial charge on any atom is 0.233 e. The van der Waals surface area contributed by atoms with Gasteiger partial charge in [-0.05, 0) is 36.6 Å². The van der Waals surface area contributed by atoms with Gasteiger partial charge in [-0.2, -0.15) is 0 Å². The quantitative estimate of drug-likeness (QED) is 0.850. The van der Waals surface area contributed by atoms with Crippen molar-refractivity contribution in [1.29, 1.82) is 0 Å². The molecule has 6 heteroatoms. The van der Waals surface area contributed by atoms with E-state index in [1.807, 2.05) is 17.5 Å². The number of carbonyl (C=O) groups excluding carboxylic acids is 1. The van der Waals surface area contributed by atoms with Crippen LogP contribution in [0.4, 0.5) is 8.78 Å². The van der Waals surface area contributed by atoms with E-state index in [1.54, 1.807) is 18.3 Å². The first-order valence-corrected chi connectivity index (χ1v) is 7.74. The highest BCUT2D eigenvalue weighted by molar-refractivity contribution is 8.00. The topological polar surface area (TPSA) is 29.1 Å². The summed E-state index contributed by atoms with van der Waals surface area (Å²) in [6.45, 7) is 2.12. The smallest absolute Gasteiger partial charge is 0.233 e. The number of rotatable bonds is 5. The van der Waals surface area contributed by atoms with Crippen LogP contribution in [0.5, 0.6) is 0 Å². The lowest BCUT2D eigenvalue weighted by Crippen LogP contribution is -2.30. The van der Waals surface area contributed by atoms with Gasteiger partial charge in [0.15, 0.2) is 0 Å². The van der Waals surface area contributed by atoms with Gasteiger partial charge < -0.3 is 5.32 Å². The van der Waals surface area contributed by atoms with Crippen LogP contribution in [0, 0.1) is 11.6 Å². The van der Waals surface area contributed by atoms with E-state index in [0.717, 1.165) is 34.8 Å². The number of thioether (sulfide) groups is 1. The minimum atomic E-state index is -0.519. The lowest BCUT2D eigenvalue weighted by Gasteiger charge is -2.12. The Morgan fingerprint density at radius 2 is 2.20 bits per heavy atom. The molecule has 0 spiro atoms. The van der Waals surface area contributed by atoms with Gasteiger partial charge in [0, 0.05) is 9.77 Å². The number of amides is 1. The largest absolute Gasteiger partial charge is 0.350 e. The maximum atomic E-state index is 13.5. The zero-order valence-electron chi connectivity index (χ0n) is 10.7. The number of carbonyl (C=O) groups is 1. The van der Waals surface area contributed by atoms with Gasteiger partial charge in [-0.1, -0.05) is 6.07 Å². The molecule has 0 bridgehead atoms. The van der Waals surface area contributed by atoms with Crippen LogP contribution in [-0.2, 0) is 11.3 Å². The average Bonchev–Trinajstić information content (AvgIpc) is 2.93. The van der Waals surface area contributed by atoms with Gasteiger partial charge in [-0.3, -0.25) is 4.79 Å². The molecule has 0 aliphatic rings. The van der Waals surface area contributed by atoms with Crippen LogP contribution in [-0.4, -0.2) is 11.2 Å². The van der Waals surface area contributed by atoms with E-state index in [9.17, 15) is 13.6 Å². The Balaban J connectivity index is 1.92. The van der Waals surface area contributed by atoms with Gasteiger partial charge in [0.25, 0.3) is 0 Å². The summed E-state index contributed by atoms with van der Waals surface area (Å²) in [5, 5.41) is 4.21. The fraction of sp³-hybridized carbons (Fsp3) is 0.214. The van der Waals surface area contributed by atoms with Crippen molar-refractivity contribution in [3.63, 3.8) is 0 Å². The van der Waals surface area contributed by atoms with Crippen LogP contribution >= 0.6 is 23.1 Å². The fourth-order valence-corrected chi connectivity index (χ4v) is 3.12. The van der Waals surface area contributed by atoms with E-state index < -0.39 is 16.9 Å². The first kappa shape index (κ1) is 15.0. The Labute approximate surface area is 124 Å². The Morgan fingerprint density at radius 1 is 1.40 bits per heavy atom.